The van der Waals surface area contributed by atoms with Gasteiger partial charge in [0.2, 0.25) is 5.91 Å². The highest BCUT2D eigenvalue weighted by Gasteiger charge is 2.43. The highest BCUT2D eigenvalue weighted by Crippen LogP contribution is 2.26. The van der Waals surface area contributed by atoms with Crippen molar-refractivity contribution in [3.63, 3.8) is 0 Å². The summed E-state index contributed by atoms with van der Waals surface area (Å²) in [5.74, 6) is -1.46. The van der Waals surface area contributed by atoms with Gasteiger partial charge in [-0.1, -0.05) is 5.10 Å². The van der Waals surface area contributed by atoms with Crippen LogP contribution in [0, 0.1) is 5.82 Å². The predicted molar refractivity (Wildman–Crippen MR) is 79.8 cm³/mol. The van der Waals surface area contributed by atoms with Crippen LogP contribution in [0.15, 0.2) is 29.2 Å². The van der Waals surface area contributed by atoms with Crippen molar-refractivity contribution in [1.82, 2.24) is 20.2 Å². The third kappa shape index (κ3) is 3.21. The first kappa shape index (κ1) is 17.0. The Morgan fingerprint density at radius 2 is 1.91 bits per heavy atom. The normalized spacial score (nSPS) is 12.2. The van der Waals surface area contributed by atoms with Crippen LogP contribution in [0.1, 0.15) is 20.8 Å². The quantitative estimate of drug-likeness (QED) is 0.814. The number of sulfone groups is 1. The van der Waals surface area contributed by atoms with Crippen LogP contribution in [-0.4, -0.2) is 39.3 Å². The molecule has 124 valence electrons. The van der Waals surface area contributed by atoms with Gasteiger partial charge in [0, 0.05) is 0 Å². The zero-order chi connectivity index (χ0) is 17.3. The maximum atomic E-state index is 13.0. The molecule has 0 fully saturated rings. The largest absolute Gasteiger partial charge is 0.290 e. The number of aryl methyl sites for hydroxylation is 1. The molecule has 0 atom stereocenters. The number of amides is 1. The van der Waals surface area contributed by atoms with Crippen LogP contribution in [0.2, 0.25) is 0 Å². The summed E-state index contributed by atoms with van der Waals surface area (Å²) in [6, 6.07) is 4.28. The van der Waals surface area contributed by atoms with Gasteiger partial charge in [-0.2, -0.15) is 4.80 Å². The fourth-order valence-corrected chi connectivity index (χ4v) is 3.09. The van der Waals surface area contributed by atoms with Gasteiger partial charge in [0.1, 0.15) is 10.6 Å². The lowest BCUT2D eigenvalue weighted by Gasteiger charge is -2.22. The summed E-state index contributed by atoms with van der Waals surface area (Å²) in [5, 5.41) is 13.5. The highest BCUT2D eigenvalue weighted by molar-refractivity contribution is 7.93. The molecule has 0 aliphatic rings. The summed E-state index contributed by atoms with van der Waals surface area (Å²) in [7, 11) is -4.03. The molecule has 1 amide bonds. The summed E-state index contributed by atoms with van der Waals surface area (Å²) in [6.45, 7) is 4.76. The number of hydrogen-bond donors (Lipinski definition) is 1. The van der Waals surface area contributed by atoms with Crippen molar-refractivity contribution in [2.45, 2.75) is 37.0 Å². The molecule has 0 aliphatic carbocycles. The smallest absolute Gasteiger partial charge is 0.270 e. The third-order valence-electron chi connectivity index (χ3n) is 3.30. The van der Waals surface area contributed by atoms with Gasteiger partial charge in [0.15, 0.2) is 9.84 Å². The molecule has 0 spiro atoms. The molecule has 0 unspecified atom stereocenters. The lowest BCUT2D eigenvalue weighted by atomic mass is 10.2. The summed E-state index contributed by atoms with van der Waals surface area (Å²) in [6.07, 6.45) is 0. The molecular formula is C13H16FN5O3S. The molecule has 2 aromatic rings. The number of nitrogens with zero attached hydrogens (tertiary/aromatic N) is 4. The van der Waals surface area contributed by atoms with Gasteiger partial charge in [-0.05, 0) is 50.3 Å². The van der Waals surface area contributed by atoms with Crippen molar-refractivity contribution < 1.29 is 17.6 Å². The molecule has 10 heteroatoms. The van der Waals surface area contributed by atoms with Crippen LogP contribution >= 0.6 is 0 Å². The first-order valence-electron chi connectivity index (χ1n) is 6.78. The monoisotopic (exact) mass is 341 g/mol. The second-order valence-electron chi connectivity index (χ2n) is 5.22. The Kier molecular flexibility index (Phi) is 4.46. The topological polar surface area (TPSA) is 107 Å². The van der Waals surface area contributed by atoms with E-state index in [9.17, 15) is 17.6 Å². The molecule has 23 heavy (non-hydrogen) atoms. The number of benzene rings is 1. The van der Waals surface area contributed by atoms with E-state index in [4.69, 9.17) is 0 Å². The van der Waals surface area contributed by atoms with E-state index in [0.29, 0.717) is 6.54 Å². The van der Waals surface area contributed by atoms with E-state index in [-0.39, 0.29) is 10.8 Å². The Balaban J connectivity index is 2.28. The zero-order valence-electron chi connectivity index (χ0n) is 12.8. The average molecular weight is 341 g/mol. The Morgan fingerprint density at radius 1 is 1.30 bits per heavy atom. The molecule has 0 radical (unpaired) electrons. The Bertz CT molecular complexity index is 814. The van der Waals surface area contributed by atoms with Crippen LogP contribution in [0.3, 0.4) is 0 Å². The van der Waals surface area contributed by atoms with Crippen molar-refractivity contribution in [3.05, 3.63) is 30.1 Å². The van der Waals surface area contributed by atoms with Gasteiger partial charge < -0.3 is 0 Å². The molecule has 0 aliphatic heterocycles. The SMILES string of the molecule is CCn1nnc(NC(=O)C(C)(C)S(=O)(=O)c2ccc(F)cc2)n1. The number of carbonyl (C=O) groups excluding carboxylic acids is 1. The Labute approximate surface area is 132 Å². The van der Waals surface area contributed by atoms with E-state index in [1.807, 2.05) is 0 Å². The lowest BCUT2D eigenvalue weighted by molar-refractivity contribution is -0.117. The fraction of sp³-hybridized carbons (Fsp3) is 0.385. The minimum atomic E-state index is -4.03. The maximum absolute atomic E-state index is 13.0. The molecule has 1 aromatic carbocycles. The Morgan fingerprint density at radius 3 is 2.43 bits per heavy atom. The van der Waals surface area contributed by atoms with Gasteiger partial charge in [-0.15, -0.1) is 5.10 Å². The number of hydrogen-bond acceptors (Lipinski definition) is 6. The minimum absolute atomic E-state index is 0.0840. The molecule has 1 heterocycles. The first-order valence-corrected chi connectivity index (χ1v) is 8.26. The standard InChI is InChI=1S/C13H16FN5O3S/c1-4-19-17-12(16-18-19)15-11(20)13(2,3)23(21,22)10-7-5-9(14)6-8-10/h5-8H,4H2,1-3H3,(H,15,17,20). The van der Waals surface area contributed by atoms with Gasteiger partial charge >= 0.3 is 0 Å². The number of aromatic nitrogens is 4. The van der Waals surface area contributed by atoms with Crippen LogP contribution < -0.4 is 5.32 Å². The van der Waals surface area contributed by atoms with Crippen LogP contribution in [0.5, 0.6) is 0 Å². The highest BCUT2D eigenvalue weighted by atomic mass is 32.2. The van der Waals surface area contributed by atoms with Crippen molar-refractivity contribution in [2.24, 2.45) is 0 Å². The summed E-state index contributed by atoms with van der Waals surface area (Å²) in [5.41, 5.74) is 0. The second-order valence-corrected chi connectivity index (χ2v) is 7.72. The third-order valence-corrected chi connectivity index (χ3v) is 5.73. The molecule has 8 nitrogen and oxygen atoms in total. The summed E-state index contributed by atoms with van der Waals surface area (Å²) in [4.78, 5) is 13.4. The number of carbonyl (C=O) groups is 1. The van der Waals surface area contributed by atoms with E-state index >= 15 is 0 Å². The van der Waals surface area contributed by atoms with E-state index in [1.165, 1.54) is 18.6 Å². The molecule has 2 rings (SSSR count). The fourth-order valence-electron chi connectivity index (χ4n) is 1.71. The van der Waals surface area contributed by atoms with Crippen molar-refractivity contribution >= 4 is 21.7 Å². The van der Waals surface area contributed by atoms with Crippen molar-refractivity contribution in [3.8, 4) is 0 Å². The number of anilines is 1. The molecule has 0 bridgehead atoms. The van der Waals surface area contributed by atoms with E-state index in [0.717, 1.165) is 24.3 Å². The average Bonchev–Trinajstić information content (AvgIpc) is 2.95. The van der Waals surface area contributed by atoms with E-state index in [1.54, 1.807) is 6.92 Å². The number of rotatable bonds is 5. The van der Waals surface area contributed by atoms with Crippen LogP contribution in [0.4, 0.5) is 10.3 Å². The number of nitrogens with one attached hydrogen (secondary N) is 1. The van der Waals surface area contributed by atoms with Gasteiger partial charge in [-0.25, -0.2) is 12.8 Å². The number of halogens is 1. The molecule has 0 saturated carbocycles. The molecular weight excluding hydrogens is 325 g/mol. The summed E-state index contributed by atoms with van der Waals surface area (Å²) >= 11 is 0. The lowest BCUT2D eigenvalue weighted by Crippen LogP contribution is -2.44. The maximum Gasteiger partial charge on any atom is 0.270 e. The van der Waals surface area contributed by atoms with Crippen LogP contribution in [0.25, 0.3) is 0 Å². The van der Waals surface area contributed by atoms with E-state index in [2.05, 4.69) is 20.7 Å². The second kappa shape index (κ2) is 6.03. The van der Waals surface area contributed by atoms with Crippen molar-refractivity contribution in [1.29, 1.82) is 0 Å². The first-order chi connectivity index (χ1) is 10.7. The van der Waals surface area contributed by atoms with E-state index < -0.39 is 26.3 Å². The van der Waals surface area contributed by atoms with Gasteiger partial charge in [-0.3, -0.25) is 10.1 Å². The summed E-state index contributed by atoms with van der Waals surface area (Å²) < 4.78 is 36.4. The Hall–Kier alpha value is -2.36. The van der Waals surface area contributed by atoms with Crippen molar-refractivity contribution in [2.75, 3.05) is 5.32 Å². The molecule has 0 saturated heterocycles. The molecule has 1 N–H and O–H groups in total. The van der Waals surface area contributed by atoms with Gasteiger partial charge in [0.05, 0.1) is 11.4 Å². The van der Waals surface area contributed by atoms with Gasteiger partial charge in [0.25, 0.3) is 5.95 Å². The predicted octanol–water partition coefficient (Wildman–Crippen LogP) is 1.02. The number of tetrazole rings is 1. The molecule has 1 aromatic heterocycles. The van der Waals surface area contributed by atoms with Crippen LogP contribution in [-0.2, 0) is 21.2 Å². The minimum Gasteiger partial charge on any atom is -0.290 e. The zero-order valence-corrected chi connectivity index (χ0v) is 13.6.